The number of nitrogens with zero attached hydrogens (tertiary/aromatic N) is 3. The first kappa shape index (κ1) is 23.8. The largest absolute Gasteiger partial charge is 0.494 e. The molecule has 2 aliphatic rings. The van der Waals surface area contributed by atoms with Crippen molar-refractivity contribution in [1.29, 1.82) is 0 Å². The zero-order valence-corrected chi connectivity index (χ0v) is 21.1. The number of aromatic nitrogens is 1. The third-order valence-corrected chi connectivity index (χ3v) is 6.91. The van der Waals surface area contributed by atoms with Crippen LogP contribution in [0.1, 0.15) is 41.3 Å². The van der Waals surface area contributed by atoms with Gasteiger partial charge in [-0.1, -0.05) is 36.4 Å². The first-order valence-corrected chi connectivity index (χ1v) is 12.4. The van der Waals surface area contributed by atoms with Crippen LogP contribution in [0.25, 0.3) is 10.9 Å². The third-order valence-electron chi connectivity index (χ3n) is 6.91. The molecule has 6 nitrogen and oxygen atoms in total. The first-order valence-electron chi connectivity index (χ1n) is 12.4. The fraction of sp³-hybridized carbons (Fsp3) is 0.267. The predicted molar refractivity (Wildman–Crippen MR) is 146 cm³/mol. The van der Waals surface area contributed by atoms with E-state index in [1.807, 2.05) is 31.2 Å². The molecule has 0 unspecified atom stereocenters. The molecule has 1 aliphatic heterocycles. The Morgan fingerprint density at radius 2 is 1.94 bits per heavy atom. The fourth-order valence-electron chi connectivity index (χ4n) is 4.95. The molecule has 2 heterocycles. The summed E-state index contributed by atoms with van der Waals surface area (Å²) in [5.74, 6) is -0.0278. The summed E-state index contributed by atoms with van der Waals surface area (Å²) in [6.45, 7) is 4.80. The smallest absolute Gasteiger partial charge is 0.253 e. The Bertz CT molecular complexity index is 1420. The second kappa shape index (κ2) is 9.99. The number of fused-ring (bicyclic) bond motifs is 2. The lowest BCUT2D eigenvalue weighted by Gasteiger charge is -2.19. The topological polar surface area (TPSA) is 71.9 Å². The standard InChI is InChI=1S/C30H32N4O2/c1-20(28-26-18-24(30(36)33(2)3)10-13-27(26)32-29(28)35)31-25-11-8-21(9-12-25)19-34-16-14-22-6-4-5-7-23(22)15-17-34/h4-6,8-13,15,18,32,35H,7,14,16-17,19H2,1-3H3. The van der Waals surface area contributed by atoms with E-state index in [1.54, 1.807) is 25.1 Å². The van der Waals surface area contributed by atoms with E-state index in [9.17, 15) is 9.90 Å². The maximum Gasteiger partial charge on any atom is 0.253 e. The molecule has 2 N–H and O–H groups in total. The number of aromatic amines is 1. The van der Waals surface area contributed by atoms with Gasteiger partial charge in [-0.25, -0.2) is 0 Å². The summed E-state index contributed by atoms with van der Waals surface area (Å²) in [6.07, 6.45) is 11.2. The summed E-state index contributed by atoms with van der Waals surface area (Å²) in [5.41, 5.74) is 7.66. The van der Waals surface area contributed by atoms with Gasteiger partial charge in [0.15, 0.2) is 5.88 Å². The van der Waals surface area contributed by atoms with Crippen LogP contribution in [-0.2, 0) is 6.54 Å². The van der Waals surface area contributed by atoms with Crippen molar-refractivity contribution in [1.82, 2.24) is 14.8 Å². The fourth-order valence-corrected chi connectivity index (χ4v) is 4.95. The molecular weight excluding hydrogens is 448 g/mol. The molecule has 0 spiro atoms. The van der Waals surface area contributed by atoms with Crippen LogP contribution >= 0.6 is 0 Å². The number of nitrogens with one attached hydrogen (secondary N) is 1. The van der Waals surface area contributed by atoms with E-state index in [0.29, 0.717) is 16.8 Å². The zero-order chi connectivity index (χ0) is 25.2. The van der Waals surface area contributed by atoms with Gasteiger partial charge in [-0.05, 0) is 66.8 Å². The molecule has 6 heteroatoms. The van der Waals surface area contributed by atoms with E-state index in [0.717, 1.165) is 49.1 Å². The number of carbonyl (C=O) groups excluding carboxylic acids is 1. The van der Waals surface area contributed by atoms with Gasteiger partial charge in [-0.15, -0.1) is 0 Å². The van der Waals surface area contributed by atoms with Gasteiger partial charge in [0.05, 0.1) is 17.0 Å². The van der Waals surface area contributed by atoms with E-state index in [2.05, 4.69) is 46.3 Å². The number of carbonyl (C=O) groups is 1. The van der Waals surface area contributed by atoms with Crippen molar-refractivity contribution in [2.24, 2.45) is 4.99 Å². The summed E-state index contributed by atoms with van der Waals surface area (Å²) >= 11 is 0. The van der Waals surface area contributed by atoms with Crippen LogP contribution in [0, 0.1) is 0 Å². The molecule has 1 amide bonds. The monoisotopic (exact) mass is 480 g/mol. The maximum atomic E-state index is 12.4. The van der Waals surface area contributed by atoms with Gasteiger partial charge in [0.1, 0.15) is 0 Å². The Morgan fingerprint density at radius 1 is 1.14 bits per heavy atom. The van der Waals surface area contributed by atoms with Gasteiger partial charge in [0.2, 0.25) is 0 Å². The molecule has 0 fully saturated rings. The number of hydrogen-bond acceptors (Lipinski definition) is 4. The Kier molecular flexibility index (Phi) is 6.61. The number of amides is 1. The highest BCUT2D eigenvalue weighted by Gasteiger charge is 2.17. The molecular formula is C30H32N4O2. The molecule has 1 aliphatic carbocycles. The van der Waals surface area contributed by atoms with Gasteiger partial charge in [-0.3, -0.25) is 14.7 Å². The number of benzene rings is 2. The third kappa shape index (κ3) is 4.90. The van der Waals surface area contributed by atoms with Crippen LogP contribution in [0.15, 0.2) is 82.9 Å². The van der Waals surface area contributed by atoms with E-state index in [-0.39, 0.29) is 11.8 Å². The Morgan fingerprint density at radius 3 is 2.72 bits per heavy atom. The normalized spacial score (nSPS) is 16.4. The lowest BCUT2D eigenvalue weighted by Crippen LogP contribution is -2.23. The zero-order valence-electron chi connectivity index (χ0n) is 21.1. The molecule has 5 rings (SSSR count). The van der Waals surface area contributed by atoms with Crippen molar-refractivity contribution < 1.29 is 9.90 Å². The maximum absolute atomic E-state index is 12.4. The SMILES string of the molecule is CC(=Nc1ccc(CN2CC=C3CC=CC=C3CC2)cc1)c1c(O)[nH]c2ccc(C(=O)N(C)C)cc12. The summed E-state index contributed by atoms with van der Waals surface area (Å²) in [5, 5.41) is 11.4. The van der Waals surface area contributed by atoms with Crippen molar-refractivity contribution in [3.05, 3.63) is 94.6 Å². The van der Waals surface area contributed by atoms with Crippen LogP contribution in [0.4, 0.5) is 5.69 Å². The Hall–Kier alpha value is -3.90. The first-order chi connectivity index (χ1) is 17.4. The number of aliphatic imine (C=N–C) groups is 1. The summed E-state index contributed by atoms with van der Waals surface area (Å²) < 4.78 is 0. The predicted octanol–water partition coefficient (Wildman–Crippen LogP) is 5.73. The number of hydrogen-bond donors (Lipinski definition) is 2. The van der Waals surface area contributed by atoms with Crippen LogP contribution in [0.5, 0.6) is 5.88 Å². The minimum atomic E-state index is -0.0820. The molecule has 0 saturated heterocycles. The highest BCUT2D eigenvalue weighted by molar-refractivity contribution is 6.13. The number of H-pyrrole nitrogens is 1. The minimum Gasteiger partial charge on any atom is -0.494 e. The van der Waals surface area contributed by atoms with Crippen LogP contribution < -0.4 is 0 Å². The van der Waals surface area contributed by atoms with Gasteiger partial charge >= 0.3 is 0 Å². The van der Waals surface area contributed by atoms with Crippen molar-refractivity contribution >= 4 is 28.2 Å². The molecule has 2 aromatic carbocycles. The van der Waals surface area contributed by atoms with Crippen LogP contribution in [0.3, 0.4) is 0 Å². The van der Waals surface area contributed by atoms with Crippen molar-refractivity contribution in [3.8, 4) is 5.88 Å². The lowest BCUT2D eigenvalue weighted by molar-refractivity contribution is 0.0827. The molecule has 0 atom stereocenters. The van der Waals surface area contributed by atoms with Gasteiger partial charge in [0.25, 0.3) is 5.91 Å². The van der Waals surface area contributed by atoms with E-state index in [1.165, 1.54) is 16.7 Å². The molecule has 184 valence electrons. The van der Waals surface area contributed by atoms with E-state index in [4.69, 9.17) is 4.99 Å². The molecule has 0 saturated carbocycles. The van der Waals surface area contributed by atoms with E-state index >= 15 is 0 Å². The van der Waals surface area contributed by atoms with Gasteiger partial charge < -0.3 is 15.0 Å². The summed E-state index contributed by atoms with van der Waals surface area (Å²) in [7, 11) is 3.45. The number of aromatic hydroxyl groups is 1. The lowest BCUT2D eigenvalue weighted by atomic mass is 9.96. The summed E-state index contributed by atoms with van der Waals surface area (Å²) in [4.78, 5) is 24.2. The van der Waals surface area contributed by atoms with Gasteiger partial charge in [0, 0.05) is 50.2 Å². The van der Waals surface area contributed by atoms with E-state index < -0.39 is 0 Å². The average molecular weight is 481 g/mol. The molecule has 0 bridgehead atoms. The van der Waals surface area contributed by atoms with Crippen molar-refractivity contribution in [2.75, 3.05) is 27.2 Å². The van der Waals surface area contributed by atoms with Crippen molar-refractivity contribution in [3.63, 3.8) is 0 Å². The molecule has 0 radical (unpaired) electrons. The number of allylic oxidation sites excluding steroid dienone is 4. The number of rotatable bonds is 5. The summed E-state index contributed by atoms with van der Waals surface area (Å²) in [6, 6.07) is 13.7. The Balaban J connectivity index is 1.33. The molecule has 3 aromatic rings. The molecule has 1 aromatic heterocycles. The minimum absolute atomic E-state index is 0.0542. The second-order valence-corrected chi connectivity index (χ2v) is 9.71. The van der Waals surface area contributed by atoms with Gasteiger partial charge in [-0.2, -0.15) is 0 Å². The van der Waals surface area contributed by atoms with Crippen LogP contribution in [-0.4, -0.2) is 58.7 Å². The Labute approximate surface area is 212 Å². The average Bonchev–Trinajstić information content (AvgIpc) is 3.07. The van der Waals surface area contributed by atoms with Crippen LogP contribution in [0.2, 0.25) is 0 Å². The highest BCUT2D eigenvalue weighted by Crippen LogP contribution is 2.30. The quantitative estimate of drug-likeness (QED) is 0.458. The molecule has 36 heavy (non-hydrogen) atoms. The highest BCUT2D eigenvalue weighted by atomic mass is 16.3. The van der Waals surface area contributed by atoms with Crippen molar-refractivity contribution in [2.45, 2.75) is 26.3 Å². The second-order valence-electron chi connectivity index (χ2n) is 9.71.